The number of anilines is 1. The van der Waals surface area contributed by atoms with E-state index in [2.05, 4.69) is 20.2 Å². The molecule has 0 saturated carbocycles. The van der Waals surface area contributed by atoms with E-state index in [1.165, 1.54) is 12.1 Å². The molecule has 1 amide bonds. The number of halogens is 1. The highest BCUT2D eigenvalue weighted by molar-refractivity contribution is 5.82. The van der Waals surface area contributed by atoms with Crippen molar-refractivity contribution < 1.29 is 23.4 Å². The first-order chi connectivity index (χ1) is 18.8. The standard InChI is InChI=1S/C27H34FN7O4/c1-27(25(36)29-10-11-34(2)3)16-38-24(39-17-27)23-32-21(18-4-6-19(28)7-5-18)22(33-23)20-8-9-30-26(31-20)35-12-14-37-15-13-35/h4-9,24H,10-17H2,1-3H3,(H,29,36)(H,32,33). The number of carbonyl (C=O) groups excluding carboxylic acids is 1. The molecule has 0 radical (unpaired) electrons. The minimum atomic E-state index is -0.822. The number of likely N-dealkylation sites (N-methyl/N-ethyl adjacent to an activating group) is 1. The molecular formula is C27H34FN7O4. The number of benzene rings is 1. The van der Waals surface area contributed by atoms with E-state index in [-0.39, 0.29) is 24.9 Å². The van der Waals surface area contributed by atoms with Gasteiger partial charge in [-0.3, -0.25) is 4.79 Å². The zero-order valence-electron chi connectivity index (χ0n) is 22.4. The predicted molar refractivity (Wildman–Crippen MR) is 142 cm³/mol. The molecule has 39 heavy (non-hydrogen) atoms. The maximum Gasteiger partial charge on any atom is 0.230 e. The summed E-state index contributed by atoms with van der Waals surface area (Å²) >= 11 is 0. The lowest BCUT2D eigenvalue weighted by Gasteiger charge is -2.35. The van der Waals surface area contributed by atoms with Gasteiger partial charge in [-0.15, -0.1) is 0 Å². The molecule has 11 nitrogen and oxygen atoms in total. The zero-order chi connectivity index (χ0) is 27.4. The van der Waals surface area contributed by atoms with Crippen LogP contribution < -0.4 is 10.2 Å². The molecule has 12 heteroatoms. The molecule has 2 aliphatic heterocycles. The van der Waals surface area contributed by atoms with Crippen LogP contribution in [0.2, 0.25) is 0 Å². The Labute approximate surface area is 226 Å². The van der Waals surface area contributed by atoms with Crippen molar-refractivity contribution >= 4 is 11.9 Å². The van der Waals surface area contributed by atoms with E-state index in [4.69, 9.17) is 24.2 Å². The summed E-state index contributed by atoms with van der Waals surface area (Å²) in [6.45, 7) is 6.07. The van der Waals surface area contributed by atoms with Crippen LogP contribution in [0.5, 0.6) is 0 Å². The van der Waals surface area contributed by atoms with E-state index in [1.54, 1.807) is 24.4 Å². The van der Waals surface area contributed by atoms with Crippen LogP contribution in [-0.4, -0.2) is 97.4 Å². The van der Waals surface area contributed by atoms with Crippen molar-refractivity contribution in [1.29, 1.82) is 0 Å². The van der Waals surface area contributed by atoms with Crippen LogP contribution in [0.25, 0.3) is 22.6 Å². The summed E-state index contributed by atoms with van der Waals surface area (Å²) in [5, 5.41) is 2.95. The first-order valence-corrected chi connectivity index (χ1v) is 13.0. The average molecular weight is 540 g/mol. The Hall–Kier alpha value is -3.45. The average Bonchev–Trinajstić information content (AvgIpc) is 3.40. The highest BCUT2D eigenvalue weighted by Gasteiger charge is 2.40. The van der Waals surface area contributed by atoms with Crippen LogP contribution in [0.4, 0.5) is 10.3 Å². The number of hydrogen-bond donors (Lipinski definition) is 2. The summed E-state index contributed by atoms with van der Waals surface area (Å²) in [6.07, 6.45) is 0.900. The van der Waals surface area contributed by atoms with Gasteiger partial charge in [0.1, 0.15) is 5.82 Å². The maximum atomic E-state index is 13.7. The van der Waals surface area contributed by atoms with Crippen LogP contribution in [0, 0.1) is 11.2 Å². The lowest BCUT2D eigenvalue weighted by atomic mass is 9.91. The minimum absolute atomic E-state index is 0.119. The van der Waals surface area contributed by atoms with E-state index in [1.807, 2.05) is 25.9 Å². The molecule has 2 aromatic heterocycles. The number of imidazole rings is 1. The summed E-state index contributed by atoms with van der Waals surface area (Å²) in [4.78, 5) is 34.2. The molecule has 0 aliphatic carbocycles. The Morgan fingerprint density at radius 2 is 1.87 bits per heavy atom. The van der Waals surface area contributed by atoms with Gasteiger partial charge in [0.15, 0.2) is 5.82 Å². The van der Waals surface area contributed by atoms with Gasteiger partial charge in [0, 0.05) is 37.9 Å². The fraction of sp³-hybridized carbons (Fsp3) is 0.481. The number of H-pyrrole nitrogens is 1. The zero-order valence-corrected chi connectivity index (χ0v) is 22.4. The maximum absolute atomic E-state index is 13.7. The second kappa shape index (κ2) is 11.7. The normalized spacial score (nSPS) is 21.8. The number of rotatable bonds is 8. The number of carbonyl (C=O) groups is 1. The molecule has 4 heterocycles. The number of nitrogens with zero attached hydrogens (tertiary/aromatic N) is 5. The quantitative estimate of drug-likeness (QED) is 0.444. The Morgan fingerprint density at radius 1 is 1.15 bits per heavy atom. The molecule has 1 aromatic carbocycles. The monoisotopic (exact) mass is 539 g/mol. The van der Waals surface area contributed by atoms with Gasteiger partial charge in [-0.25, -0.2) is 19.3 Å². The number of amides is 1. The minimum Gasteiger partial charge on any atom is -0.378 e. The highest BCUT2D eigenvalue weighted by atomic mass is 19.1. The SMILES string of the molecule is CN(C)CCNC(=O)C1(C)COC(c2nc(-c3ccc(F)cc3)c(-c3ccnc(N4CCOCC4)n3)[nH]2)OC1. The third-order valence-corrected chi connectivity index (χ3v) is 6.76. The summed E-state index contributed by atoms with van der Waals surface area (Å²) in [5.41, 5.74) is 1.73. The van der Waals surface area contributed by atoms with Crippen molar-refractivity contribution in [1.82, 2.24) is 30.2 Å². The largest absolute Gasteiger partial charge is 0.378 e. The second-order valence-electron chi connectivity index (χ2n) is 10.3. The van der Waals surface area contributed by atoms with Gasteiger partial charge in [0.2, 0.25) is 18.1 Å². The molecule has 3 aromatic rings. The summed E-state index contributed by atoms with van der Waals surface area (Å²) in [5.74, 6) is 0.575. The van der Waals surface area contributed by atoms with E-state index in [0.717, 1.165) is 6.54 Å². The molecule has 5 rings (SSSR count). The lowest BCUT2D eigenvalue weighted by molar-refractivity contribution is -0.231. The van der Waals surface area contributed by atoms with Crippen molar-refractivity contribution in [2.24, 2.45) is 5.41 Å². The Kier molecular flexibility index (Phi) is 8.17. The molecule has 2 fully saturated rings. The van der Waals surface area contributed by atoms with Crippen LogP contribution in [0.1, 0.15) is 19.0 Å². The number of hydrogen-bond acceptors (Lipinski definition) is 9. The van der Waals surface area contributed by atoms with Gasteiger partial charge in [0.25, 0.3) is 0 Å². The molecule has 0 bridgehead atoms. The topological polar surface area (TPSA) is 118 Å². The third-order valence-electron chi connectivity index (χ3n) is 6.76. The van der Waals surface area contributed by atoms with Crippen molar-refractivity contribution in [3.05, 3.63) is 48.2 Å². The number of morpholine rings is 1. The fourth-order valence-corrected chi connectivity index (χ4v) is 4.41. The van der Waals surface area contributed by atoms with Gasteiger partial charge in [0.05, 0.1) is 48.9 Å². The van der Waals surface area contributed by atoms with Crippen LogP contribution in [-0.2, 0) is 19.0 Å². The van der Waals surface area contributed by atoms with E-state index in [0.29, 0.717) is 67.3 Å². The number of ether oxygens (including phenoxy) is 3. The van der Waals surface area contributed by atoms with Crippen LogP contribution in [0.15, 0.2) is 36.5 Å². The van der Waals surface area contributed by atoms with Crippen molar-refractivity contribution in [2.45, 2.75) is 13.2 Å². The van der Waals surface area contributed by atoms with E-state index < -0.39 is 11.7 Å². The number of aromatic amines is 1. The van der Waals surface area contributed by atoms with Crippen LogP contribution in [0.3, 0.4) is 0 Å². The summed E-state index contributed by atoms with van der Waals surface area (Å²) < 4.78 is 31.2. The molecule has 2 N–H and O–H groups in total. The van der Waals surface area contributed by atoms with E-state index in [9.17, 15) is 9.18 Å². The van der Waals surface area contributed by atoms with E-state index >= 15 is 0 Å². The smallest absolute Gasteiger partial charge is 0.230 e. The Morgan fingerprint density at radius 3 is 2.56 bits per heavy atom. The first-order valence-electron chi connectivity index (χ1n) is 13.0. The van der Waals surface area contributed by atoms with Gasteiger partial charge < -0.3 is 34.3 Å². The lowest BCUT2D eigenvalue weighted by Crippen LogP contribution is -2.49. The number of aromatic nitrogens is 4. The van der Waals surface area contributed by atoms with Gasteiger partial charge in [-0.1, -0.05) is 0 Å². The summed E-state index contributed by atoms with van der Waals surface area (Å²) in [7, 11) is 3.90. The summed E-state index contributed by atoms with van der Waals surface area (Å²) in [6, 6.07) is 7.91. The van der Waals surface area contributed by atoms with Crippen LogP contribution >= 0.6 is 0 Å². The molecule has 2 aliphatic rings. The van der Waals surface area contributed by atoms with Crippen molar-refractivity contribution in [3.8, 4) is 22.6 Å². The Bertz CT molecular complexity index is 1270. The molecule has 208 valence electrons. The molecule has 0 spiro atoms. The number of nitrogens with one attached hydrogen (secondary N) is 2. The fourth-order valence-electron chi connectivity index (χ4n) is 4.41. The predicted octanol–water partition coefficient (Wildman–Crippen LogP) is 2.24. The molecule has 2 saturated heterocycles. The van der Waals surface area contributed by atoms with Crippen molar-refractivity contribution in [3.63, 3.8) is 0 Å². The molecular weight excluding hydrogens is 505 g/mol. The highest BCUT2D eigenvalue weighted by Crippen LogP contribution is 2.35. The molecule has 0 atom stereocenters. The Balaban J connectivity index is 1.39. The van der Waals surface area contributed by atoms with Crippen molar-refractivity contribution in [2.75, 3.05) is 71.6 Å². The first kappa shape index (κ1) is 27.1. The van der Waals surface area contributed by atoms with Gasteiger partial charge in [-0.2, -0.15) is 0 Å². The molecule has 0 unspecified atom stereocenters. The second-order valence-corrected chi connectivity index (χ2v) is 10.3. The third kappa shape index (κ3) is 6.25. The van der Waals surface area contributed by atoms with Gasteiger partial charge in [-0.05, 0) is 51.4 Å². The van der Waals surface area contributed by atoms with Gasteiger partial charge >= 0.3 is 0 Å².